The molecule has 1 amide bonds. The van der Waals surface area contributed by atoms with Crippen LogP contribution in [0, 0.1) is 6.92 Å². The maximum atomic E-state index is 13.2. The van der Waals surface area contributed by atoms with E-state index in [1.54, 1.807) is 7.11 Å². The number of nitrogens with zero attached hydrogens (tertiary/aromatic N) is 1. The third-order valence-electron chi connectivity index (χ3n) is 5.66. The van der Waals surface area contributed by atoms with E-state index in [1.165, 1.54) is 0 Å². The van der Waals surface area contributed by atoms with Crippen LogP contribution in [-0.4, -0.2) is 28.8 Å². The Labute approximate surface area is 187 Å². The lowest BCUT2D eigenvalue weighted by Gasteiger charge is -2.32. The minimum atomic E-state index is -0.677. The van der Waals surface area contributed by atoms with E-state index in [9.17, 15) is 4.79 Å². The van der Waals surface area contributed by atoms with Crippen LogP contribution in [0.5, 0.6) is 5.75 Å². The highest BCUT2D eigenvalue weighted by atomic mass is 16.5. The van der Waals surface area contributed by atoms with Crippen molar-refractivity contribution in [2.75, 3.05) is 7.11 Å². The largest absolute Gasteiger partial charge is 0.497 e. The van der Waals surface area contributed by atoms with Gasteiger partial charge in [-0.05, 0) is 73.9 Å². The molecular weight excluding hydrogens is 400 g/mol. The fourth-order valence-corrected chi connectivity index (χ4v) is 3.90. The van der Waals surface area contributed by atoms with Crippen molar-refractivity contribution in [1.29, 1.82) is 0 Å². The van der Waals surface area contributed by atoms with Crippen molar-refractivity contribution in [3.05, 3.63) is 83.6 Å². The predicted molar refractivity (Wildman–Crippen MR) is 128 cm³/mol. The SMILES string of the molecule is COc1cccc(C(NC(=O)c2cccc(-c3ccc4[nH]nc(C)c4c3)c2)C(C)(C)N)c1. The van der Waals surface area contributed by atoms with Crippen molar-refractivity contribution in [3.63, 3.8) is 0 Å². The van der Waals surface area contributed by atoms with Crippen LogP contribution in [0.1, 0.15) is 41.5 Å². The van der Waals surface area contributed by atoms with Crippen molar-refractivity contribution < 1.29 is 9.53 Å². The van der Waals surface area contributed by atoms with E-state index < -0.39 is 11.6 Å². The van der Waals surface area contributed by atoms with Gasteiger partial charge in [0.2, 0.25) is 0 Å². The van der Waals surface area contributed by atoms with Gasteiger partial charge in [-0.3, -0.25) is 9.89 Å². The number of aromatic amines is 1. The molecule has 0 spiro atoms. The van der Waals surface area contributed by atoms with Gasteiger partial charge in [-0.25, -0.2) is 0 Å². The number of carbonyl (C=O) groups excluding carboxylic acids is 1. The number of ether oxygens (including phenoxy) is 1. The molecule has 4 rings (SSSR count). The second-order valence-corrected chi connectivity index (χ2v) is 8.65. The molecule has 32 heavy (non-hydrogen) atoms. The van der Waals surface area contributed by atoms with Crippen molar-refractivity contribution in [3.8, 4) is 16.9 Å². The van der Waals surface area contributed by atoms with E-state index in [1.807, 2.05) is 81.4 Å². The third kappa shape index (κ3) is 4.36. The topological polar surface area (TPSA) is 93.0 Å². The molecule has 0 saturated heterocycles. The summed E-state index contributed by atoms with van der Waals surface area (Å²) < 4.78 is 5.34. The molecule has 3 aromatic carbocycles. The van der Waals surface area contributed by atoms with E-state index in [-0.39, 0.29) is 5.91 Å². The molecule has 1 unspecified atom stereocenters. The lowest BCUT2D eigenvalue weighted by molar-refractivity contribution is 0.0919. The summed E-state index contributed by atoms with van der Waals surface area (Å²) >= 11 is 0. The molecule has 0 aliphatic carbocycles. The molecule has 0 bridgehead atoms. The summed E-state index contributed by atoms with van der Waals surface area (Å²) in [5.41, 5.74) is 11.2. The van der Waals surface area contributed by atoms with Crippen molar-refractivity contribution >= 4 is 16.8 Å². The summed E-state index contributed by atoms with van der Waals surface area (Å²) in [5, 5.41) is 11.5. The minimum absolute atomic E-state index is 0.182. The molecular formula is C26H28N4O2. The summed E-state index contributed by atoms with van der Waals surface area (Å²) in [5.74, 6) is 0.539. The Morgan fingerprint density at radius 2 is 1.81 bits per heavy atom. The standard InChI is InChI=1S/C26H28N4O2/c1-16-22-15-18(11-12-23(22)30-29-16)17-7-5-9-20(13-17)25(31)28-24(26(2,3)27)19-8-6-10-21(14-19)32-4/h5-15,24H,27H2,1-4H3,(H,28,31)(H,29,30). The highest BCUT2D eigenvalue weighted by Gasteiger charge is 2.29. The maximum Gasteiger partial charge on any atom is 0.251 e. The average Bonchev–Trinajstić information content (AvgIpc) is 3.16. The van der Waals surface area contributed by atoms with E-state index in [2.05, 4.69) is 21.6 Å². The number of aryl methyl sites for hydroxylation is 1. The first-order valence-corrected chi connectivity index (χ1v) is 10.5. The van der Waals surface area contributed by atoms with Crippen LogP contribution in [0.25, 0.3) is 22.0 Å². The number of H-pyrrole nitrogens is 1. The highest BCUT2D eigenvalue weighted by molar-refractivity contribution is 5.96. The number of hydrogen-bond donors (Lipinski definition) is 3. The first-order chi connectivity index (χ1) is 15.3. The second-order valence-electron chi connectivity index (χ2n) is 8.65. The number of rotatable bonds is 6. The fraction of sp³-hybridized carbons (Fsp3) is 0.231. The number of nitrogens with two attached hydrogens (primary N) is 1. The first kappa shape index (κ1) is 21.6. The Balaban J connectivity index is 1.64. The number of aromatic nitrogens is 2. The first-order valence-electron chi connectivity index (χ1n) is 10.5. The molecule has 0 radical (unpaired) electrons. The molecule has 1 heterocycles. The molecule has 0 saturated carbocycles. The number of nitrogens with one attached hydrogen (secondary N) is 2. The number of benzene rings is 3. The van der Waals surface area contributed by atoms with Crippen molar-refractivity contribution in [2.45, 2.75) is 32.4 Å². The van der Waals surface area contributed by atoms with Gasteiger partial charge in [0.25, 0.3) is 5.91 Å². The smallest absolute Gasteiger partial charge is 0.251 e. The summed E-state index contributed by atoms with van der Waals surface area (Å²) in [6.07, 6.45) is 0. The van der Waals surface area contributed by atoms with Gasteiger partial charge in [0.05, 0.1) is 24.4 Å². The van der Waals surface area contributed by atoms with Gasteiger partial charge in [0.15, 0.2) is 0 Å². The molecule has 6 heteroatoms. The zero-order valence-corrected chi connectivity index (χ0v) is 18.8. The summed E-state index contributed by atoms with van der Waals surface area (Å²) in [6.45, 7) is 5.77. The molecule has 6 nitrogen and oxygen atoms in total. The van der Waals surface area contributed by atoms with Crippen LogP contribution in [0.4, 0.5) is 0 Å². The summed E-state index contributed by atoms with van der Waals surface area (Å²) in [7, 11) is 1.62. The van der Waals surface area contributed by atoms with E-state index in [0.717, 1.165) is 39.0 Å². The van der Waals surface area contributed by atoms with Crippen LogP contribution in [0.15, 0.2) is 66.7 Å². The monoisotopic (exact) mass is 428 g/mol. The van der Waals surface area contributed by atoms with Crippen LogP contribution in [-0.2, 0) is 0 Å². The molecule has 0 aliphatic heterocycles. The Bertz CT molecular complexity index is 1270. The summed E-state index contributed by atoms with van der Waals surface area (Å²) in [4.78, 5) is 13.2. The van der Waals surface area contributed by atoms with E-state index >= 15 is 0 Å². The minimum Gasteiger partial charge on any atom is -0.497 e. The zero-order chi connectivity index (χ0) is 22.9. The Morgan fingerprint density at radius 3 is 2.56 bits per heavy atom. The molecule has 0 fully saturated rings. The zero-order valence-electron chi connectivity index (χ0n) is 18.8. The summed E-state index contributed by atoms with van der Waals surface area (Å²) in [6, 6.07) is 21.0. The Hall–Kier alpha value is -3.64. The normalized spacial score (nSPS) is 12.5. The van der Waals surface area contributed by atoms with Gasteiger partial charge < -0.3 is 15.8 Å². The van der Waals surface area contributed by atoms with Gasteiger partial charge in [0, 0.05) is 16.5 Å². The average molecular weight is 429 g/mol. The molecule has 1 atom stereocenters. The van der Waals surface area contributed by atoms with Crippen molar-refractivity contribution in [2.24, 2.45) is 5.73 Å². The number of amides is 1. The third-order valence-corrected chi connectivity index (χ3v) is 5.66. The predicted octanol–water partition coefficient (Wildman–Crippen LogP) is 4.76. The van der Waals surface area contributed by atoms with E-state index in [4.69, 9.17) is 10.5 Å². The van der Waals surface area contributed by atoms with Gasteiger partial charge in [-0.2, -0.15) is 5.10 Å². The molecule has 1 aromatic heterocycles. The lowest BCUT2D eigenvalue weighted by atomic mass is 9.89. The van der Waals surface area contributed by atoms with Crippen LogP contribution < -0.4 is 15.8 Å². The number of hydrogen-bond acceptors (Lipinski definition) is 4. The fourth-order valence-electron chi connectivity index (χ4n) is 3.90. The number of methoxy groups -OCH3 is 1. The molecule has 0 aliphatic rings. The number of fused-ring (bicyclic) bond motifs is 1. The lowest BCUT2D eigenvalue weighted by Crippen LogP contribution is -2.48. The molecule has 4 aromatic rings. The van der Waals surface area contributed by atoms with Crippen molar-refractivity contribution in [1.82, 2.24) is 15.5 Å². The van der Waals surface area contributed by atoms with Crippen LogP contribution in [0.3, 0.4) is 0 Å². The molecule has 4 N–H and O–H groups in total. The highest BCUT2D eigenvalue weighted by Crippen LogP contribution is 2.28. The van der Waals surface area contributed by atoms with Crippen LogP contribution in [0.2, 0.25) is 0 Å². The van der Waals surface area contributed by atoms with Gasteiger partial charge in [-0.15, -0.1) is 0 Å². The quantitative estimate of drug-likeness (QED) is 0.413. The second kappa shape index (κ2) is 8.48. The molecule has 164 valence electrons. The van der Waals surface area contributed by atoms with Gasteiger partial charge in [-0.1, -0.05) is 30.3 Å². The van der Waals surface area contributed by atoms with Crippen LogP contribution >= 0.6 is 0 Å². The Morgan fingerprint density at radius 1 is 1.06 bits per heavy atom. The number of carbonyl (C=O) groups is 1. The van der Waals surface area contributed by atoms with Gasteiger partial charge in [0.1, 0.15) is 5.75 Å². The maximum absolute atomic E-state index is 13.2. The Kier molecular flexibility index (Phi) is 5.72. The van der Waals surface area contributed by atoms with Gasteiger partial charge >= 0.3 is 0 Å². The van der Waals surface area contributed by atoms with E-state index in [0.29, 0.717) is 5.56 Å².